The average molecular weight is 407 g/mol. The van der Waals surface area contributed by atoms with Crippen LogP contribution in [0.2, 0.25) is 0 Å². The molecule has 0 aromatic heterocycles. The SMILES string of the molecule is CC(C)(C1Nc2c(F)cc(F)cc2N1C1CCCCCCC1)N1CCNCC1=O. The molecule has 7 heteroatoms. The van der Waals surface area contributed by atoms with Crippen molar-refractivity contribution >= 4 is 17.3 Å². The first-order valence-corrected chi connectivity index (χ1v) is 10.9. The van der Waals surface area contributed by atoms with E-state index in [2.05, 4.69) is 15.5 Å². The lowest BCUT2D eigenvalue weighted by Gasteiger charge is -2.49. The molecular formula is C22H32F2N4O. The van der Waals surface area contributed by atoms with Gasteiger partial charge in [-0.3, -0.25) is 4.79 Å². The van der Waals surface area contributed by atoms with Gasteiger partial charge in [-0.25, -0.2) is 8.78 Å². The summed E-state index contributed by atoms with van der Waals surface area (Å²) in [5, 5.41) is 6.46. The molecule has 2 aliphatic heterocycles. The van der Waals surface area contributed by atoms with E-state index >= 15 is 0 Å². The maximum absolute atomic E-state index is 14.7. The van der Waals surface area contributed by atoms with E-state index in [1.54, 1.807) is 0 Å². The molecule has 0 spiro atoms. The molecule has 0 radical (unpaired) electrons. The van der Waals surface area contributed by atoms with Crippen LogP contribution in [0, 0.1) is 11.6 Å². The van der Waals surface area contributed by atoms with Gasteiger partial charge in [0.2, 0.25) is 5.91 Å². The highest BCUT2D eigenvalue weighted by Crippen LogP contribution is 2.44. The summed E-state index contributed by atoms with van der Waals surface area (Å²) in [6.45, 7) is 5.72. The molecule has 0 bridgehead atoms. The zero-order valence-electron chi connectivity index (χ0n) is 17.4. The topological polar surface area (TPSA) is 47.6 Å². The van der Waals surface area contributed by atoms with Crippen LogP contribution in [-0.2, 0) is 4.79 Å². The van der Waals surface area contributed by atoms with Gasteiger partial charge in [0.1, 0.15) is 12.0 Å². The van der Waals surface area contributed by atoms with Gasteiger partial charge in [-0.2, -0.15) is 0 Å². The van der Waals surface area contributed by atoms with Crippen LogP contribution in [0.25, 0.3) is 0 Å². The number of hydrogen-bond donors (Lipinski definition) is 2. The molecular weight excluding hydrogens is 374 g/mol. The van der Waals surface area contributed by atoms with Crippen molar-refractivity contribution in [2.45, 2.75) is 76.5 Å². The molecule has 160 valence electrons. The zero-order valence-corrected chi connectivity index (χ0v) is 17.4. The Morgan fingerprint density at radius 1 is 1.07 bits per heavy atom. The molecule has 3 aliphatic rings. The molecule has 2 fully saturated rings. The minimum Gasteiger partial charge on any atom is -0.359 e. The Bertz CT molecular complexity index is 761. The number of benzene rings is 1. The van der Waals surface area contributed by atoms with Crippen LogP contribution in [0.3, 0.4) is 0 Å². The van der Waals surface area contributed by atoms with Gasteiger partial charge in [-0.05, 0) is 32.8 Å². The molecule has 1 aromatic rings. The van der Waals surface area contributed by atoms with Crippen molar-refractivity contribution in [1.82, 2.24) is 10.2 Å². The molecule has 2 heterocycles. The quantitative estimate of drug-likeness (QED) is 0.801. The van der Waals surface area contributed by atoms with E-state index in [9.17, 15) is 13.6 Å². The maximum Gasteiger partial charge on any atom is 0.237 e. The number of hydrogen-bond acceptors (Lipinski definition) is 4. The van der Waals surface area contributed by atoms with Crippen LogP contribution in [0.15, 0.2) is 12.1 Å². The molecule has 4 rings (SSSR count). The number of fused-ring (bicyclic) bond motifs is 1. The molecule has 1 aliphatic carbocycles. The number of rotatable bonds is 3. The third kappa shape index (κ3) is 3.81. The van der Waals surface area contributed by atoms with Crippen molar-refractivity contribution in [2.24, 2.45) is 0 Å². The van der Waals surface area contributed by atoms with Gasteiger partial charge in [-0.1, -0.05) is 32.1 Å². The lowest BCUT2D eigenvalue weighted by Crippen LogP contribution is -2.67. The van der Waals surface area contributed by atoms with Gasteiger partial charge < -0.3 is 20.4 Å². The Balaban J connectivity index is 1.73. The first-order chi connectivity index (χ1) is 13.9. The molecule has 1 amide bonds. The summed E-state index contributed by atoms with van der Waals surface area (Å²) in [5.74, 6) is -1.08. The van der Waals surface area contributed by atoms with Gasteiger partial charge in [0.15, 0.2) is 5.82 Å². The second kappa shape index (κ2) is 8.09. The summed E-state index contributed by atoms with van der Waals surface area (Å²) in [7, 11) is 0. The average Bonchev–Trinajstić information content (AvgIpc) is 3.02. The summed E-state index contributed by atoms with van der Waals surface area (Å²) in [6, 6.07) is 2.58. The number of nitrogens with zero attached hydrogens (tertiary/aromatic N) is 2. The minimum absolute atomic E-state index is 0.0447. The Morgan fingerprint density at radius 3 is 2.45 bits per heavy atom. The molecule has 2 N–H and O–H groups in total. The van der Waals surface area contributed by atoms with E-state index in [1.807, 2.05) is 18.7 Å². The van der Waals surface area contributed by atoms with E-state index in [4.69, 9.17) is 0 Å². The fourth-order valence-electron chi connectivity index (χ4n) is 5.25. The summed E-state index contributed by atoms with van der Waals surface area (Å²) in [4.78, 5) is 16.7. The highest BCUT2D eigenvalue weighted by Gasteiger charge is 2.48. The molecule has 5 nitrogen and oxygen atoms in total. The Labute approximate surface area is 171 Å². The van der Waals surface area contributed by atoms with E-state index in [1.165, 1.54) is 25.3 Å². The van der Waals surface area contributed by atoms with E-state index in [0.717, 1.165) is 38.3 Å². The third-order valence-corrected chi connectivity index (χ3v) is 6.79. The van der Waals surface area contributed by atoms with Crippen LogP contribution in [0.1, 0.15) is 58.8 Å². The normalized spacial score (nSPS) is 24.1. The largest absolute Gasteiger partial charge is 0.359 e. The molecule has 1 saturated carbocycles. The van der Waals surface area contributed by atoms with Crippen molar-refractivity contribution in [1.29, 1.82) is 0 Å². The second-order valence-corrected chi connectivity index (χ2v) is 9.11. The van der Waals surface area contributed by atoms with Crippen LogP contribution in [-0.4, -0.2) is 48.2 Å². The third-order valence-electron chi connectivity index (χ3n) is 6.79. The zero-order chi connectivity index (χ0) is 20.6. The smallest absolute Gasteiger partial charge is 0.237 e. The van der Waals surface area contributed by atoms with Gasteiger partial charge in [-0.15, -0.1) is 0 Å². The Morgan fingerprint density at radius 2 is 1.76 bits per heavy atom. The lowest BCUT2D eigenvalue weighted by atomic mass is 9.91. The maximum atomic E-state index is 14.7. The highest BCUT2D eigenvalue weighted by molar-refractivity contribution is 5.82. The number of halogens is 2. The van der Waals surface area contributed by atoms with E-state index < -0.39 is 17.2 Å². The fourth-order valence-corrected chi connectivity index (χ4v) is 5.25. The molecule has 1 saturated heterocycles. The van der Waals surface area contributed by atoms with E-state index in [-0.39, 0.29) is 18.1 Å². The second-order valence-electron chi connectivity index (χ2n) is 9.11. The number of piperazine rings is 1. The van der Waals surface area contributed by atoms with Gasteiger partial charge in [0.05, 0.1) is 23.5 Å². The predicted octanol–water partition coefficient (Wildman–Crippen LogP) is 3.85. The standard InChI is InChI=1S/C22H32F2N4O/c1-22(2,27-11-10-25-14-19(27)29)21-26-20-17(24)12-15(23)13-18(20)28(21)16-8-6-4-3-5-7-9-16/h12-13,16,21,25-26H,3-11,14H2,1-2H3. The number of amides is 1. The van der Waals surface area contributed by atoms with E-state index in [0.29, 0.717) is 24.5 Å². The van der Waals surface area contributed by atoms with Crippen molar-refractivity contribution < 1.29 is 13.6 Å². The summed E-state index contributed by atoms with van der Waals surface area (Å²) < 4.78 is 28.9. The number of anilines is 2. The van der Waals surface area contributed by atoms with Crippen LogP contribution < -0.4 is 15.5 Å². The summed E-state index contributed by atoms with van der Waals surface area (Å²) >= 11 is 0. The molecule has 1 atom stereocenters. The highest BCUT2D eigenvalue weighted by atomic mass is 19.1. The van der Waals surface area contributed by atoms with Crippen molar-refractivity contribution in [2.75, 3.05) is 29.9 Å². The van der Waals surface area contributed by atoms with Crippen LogP contribution in [0.4, 0.5) is 20.2 Å². The summed E-state index contributed by atoms with van der Waals surface area (Å²) in [6.07, 6.45) is 7.60. The van der Waals surface area contributed by atoms with Gasteiger partial charge >= 0.3 is 0 Å². The van der Waals surface area contributed by atoms with Gasteiger partial charge in [0, 0.05) is 25.2 Å². The van der Waals surface area contributed by atoms with Crippen molar-refractivity contribution in [3.63, 3.8) is 0 Å². The molecule has 29 heavy (non-hydrogen) atoms. The first kappa shape index (κ1) is 20.4. The number of nitrogens with one attached hydrogen (secondary N) is 2. The number of carbonyl (C=O) groups excluding carboxylic acids is 1. The lowest BCUT2D eigenvalue weighted by molar-refractivity contribution is -0.138. The first-order valence-electron chi connectivity index (χ1n) is 10.9. The predicted molar refractivity (Wildman–Crippen MR) is 111 cm³/mol. The van der Waals surface area contributed by atoms with Crippen molar-refractivity contribution in [3.05, 3.63) is 23.8 Å². The van der Waals surface area contributed by atoms with Crippen LogP contribution in [0.5, 0.6) is 0 Å². The summed E-state index contributed by atoms with van der Waals surface area (Å²) in [5.41, 5.74) is 0.367. The Hall–Kier alpha value is -1.89. The van der Waals surface area contributed by atoms with Crippen LogP contribution >= 0.6 is 0 Å². The fraction of sp³-hybridized carbons (Fsp3) is 0.682. The molecule has 1 unspecified atom stereocenters. The number of carbonyl (C=O) groups is 1. The monoisotopic (exact) mass is 406 g/mol. The molecule has 1 aromatic carbocycles. The Kier molecular flexibility index (Phi) is 5.69. The minimum atomic E-state index is -0.580. The van der Waals surface area contributed by atoms with Gasteiger partial charge in [0.25, 0.3) is 0 Å². The van der Waals surface area contributed by atoms with Crippen molar-refractivity contribution in [3.8, 4) is 0 Å².